The molecule has 1 aromatic heterocycles. The number of carbonyl (C=O) groups is 1. The average molecular weight is 392 g/mol. The number of aromatic nitrogens is 1. The van der Waals surface area contributed by atoms with Crippen LogP contribution < -0.4 is 10.3 Å². The zero-order chi connectivity index (χ0) is 20.6. The summed E-state index contributed by atoms with van der Waals surface area (Å²) in [6, 6.07) is 20.9. The molecular formula is C23H24N2O4. The Balaban J connectivity index is 1.54. The molecule has 3 aromatic rings. The molecule has 0 unspecified atom stereocenters. The number of rotatable bonds is 8. The topological polar surface area (TPSA) is 71.8 Å². The van der Waals surface area contributed by atoms with Gasteiger partial charge in [-0.15, -0.1) is 0 Å². The van der Waals surface area contributed by atoms with Crippen molar-refractivity contribution in [1.82, 2.24) is 9.47 Å². The second-order valence-electron chi connectivity index (χ2n) is 6.87. The summed E-state index contributed by atoms with van der Waals surface area (Å²) >= 11 is 0. The Morgan fingerprint density at radius 2 is 1.69 bits per heavy atom. The van der Waals surface area contributed by atoms with Crippen LogP contribution in [0.2, 0.25) is 0 Å². The highest BCUT2D eigenvalue weighted by Crippen LogP contribution is 2.11. The van der Waals surface area contributed by atoms with Crippen molar-refractivity contribution in [3.05, 3.63) is 100.0 Å². The van der Waals surface area contributed by atoms with E-state index >= 15 is 0 Å². The van der Waals surface area contributed by atoms with Gasteiger partial charge in [-0.25, -0.2) is 4.79 Å². The minimum absolute atomic E-state index is 0.102. The molecule has 1 N–H and O–H groups in total. The monoisotopic (exact) mass is 392 g/mol. The van der Waals surface area contributed by atoms with E-state index in [9.17, 15) is 9.59 Å². The number of carboxylic acid groups (broad SMARTS) is 1. The fourth-order valence-corrected chi connectivity index (χ4v) is 2.91. The summed E-state index contributed by atoms with van der Waals surface area (Å²) in [6.45, 7) is 1.33. The van der Waals surface area contributed by atoms with Gasteiger partial charge in [0.1, 0.15) is 12.4 Å². The molecule has 0 radical (unpaired) electrons. The second kappa shape index (κ2) is 9.59. The smallest absolute Gasteiger partial charge is 0.407 e. The van der Waals surface area contributed by atoms with Crippen molar-refractivity contribution in [2.45, 2.75) is 26.1 Å². The largest absolute Gasteiger partial charge is 0.489 e. The van der Waals surface area contributed by atoms with E-state index < -0.39 is 6.09 Å². The van der Waals surface area contributed by atoms with Crippen molar-refractivity contribution in [3.63, 3.8) is 0 Å². The lowest BCUT2D eigenvalue weighted by atomic mass is 10.1. The van der Waals surface area contributed by atoms with Gasteiger partial charge in [0.15, 0.2) is 0 Å². The number of nitrogens with zero attached hydrogens (tertiary/aromatic N) is 2. The highest BCUT2D eigenvalue weighted by molar-refractivity contribution is 5.64. The number of hydrogen-bond acceptors (Lipinski definition) is 3. The summed E-state index contributed by atoms with van der Waals surface area (Å²) in [5, 5.41) is 8.93. The first-order valence-corrected chi connectivity index (χ1v) is 9.40. The molecule has 0 aliphatic heterocycles. The molecule has 29 heavy (non-hydrogen) atoms. The van der Waals surface area contributed by atoms with Crippen LogP contribution in [0.1, 0.15) is 16.7 Å². The summed E-state index contributed by atoms with van der Waals surface area (Å²) in [5.41, 5.74) is 2.96. The minimum Gasteiger partial charge on any atom is -0.489 e. The van der Waals surface area contributed by atoms with E-state index in [-0.39, 0.29) is 5.56 Å². The maximum atomic E-state index is 12.3. The Morgan fingerprint density at radius 1 is 1.00 bits per heavy atom. The van der Waals surface area contributed by atoms with Crippen LogP contribution in [0.5, 0.6) is 5.75 Å². The van der Waals surface area contributed by atoms with Crippen molar-refractivity contribution in [1.29, 1.82) is 0 Å². The van der Waals surface area contributed by atoms with Gasteiger partial charge < -0.3 is 19.3 Å². The van der Waals surface area contributed by atoms with E-state index in [1.165, 1.54) is 18.0 Å². The molecule has 1 amide bonds. The molecule has 0 fully saturated rings. The van der Waals surface area contributed by atoms with Gasteiger partial charge in [0.2, 0.25) is 0 Å². The van der Waals surface area contributed by atoms with E-state index in [2.05, 4.69) is 0 Å². The lowest BCUT2D eigenvalue weighted by molar-refractivity contribution is 0.154. The van der Waals surface area contributed by atoms with Gasteiger partial charge >= 0.3 is 6.09 Å². The van der Waals surface area contributed by atoms with Crippen LogP contribution in [0.15, 0.2) is 77.7 Å². The fourth-order valence-electron chi connectivity index (χ4n) is 2.91. The first-order valence-electron chi connectivity index (χ1n) is 9.40. The van der Waals surface area contributed by atoms with E-state index in [0.29, 0.717) is 31.9 Å². The summed E-state index contributed by atoms with van der Waals surface area (Å²) in [4.78, 5) is 24.4. The van der Waals surface area contributed by atoms with Crippen molar-refractivity contribution >= 4 is 6.09 Å². The molecule has 3 rings (SSSR count). The van der Waals surface area contributed by atoms with Crippen LogP contribution in [0.3, 0.4) is 0 Å². The van der Waals surface area contributed by atoms with Crippen LogP contribution >= 0.6 is 0 Å². The first kappa shape index (κ1) is 20.2. The molecule has 0 aliphatic rings. The average Bonchev–Trinajstić information content (AvgIpc) is 2.73. The highest BCUT2D eigenvalue weighted by atomic mass is 16.5. The molecule has 6 nitrogen and oxygen atoms in total. The molecule has 0 saturated carbocycles. The van der Waals surface area contributed by atoms with Crippen molar-refractivity contribution in [2.24, 2.45) is 0 Å². The molecule has 0 aliphatic carbocycles. The normalized spacial score (nSPS) is 10.5. The SMILES string of the molecule is CN(Cc1ccc(CCn2ccc(OCc3ccccc3)cc2=O)cc1)C(=O)O. The van der Waals surface area contributed by atoms with Gasteiger partial charge in [-0.1, -0.05) is 54.6 Å². The molecule has 150 valence electrons. The predicted octanol–water partition coefficient (Wildman–Crippen LogP) is 3.78. The number of aryl methyl sites for hydroxylation is 2. The van der Waals surface area contributed by atoms with E-state index in [1.54, 1.807) is 16.8 Å². The third kappa shape index (κ3) is 5.97. The molecule has 0 atom stereocenters. The Labute approximate surface area is 169 Å². The third-order valence-electron chi connectivity index (χ3n) is 4.63. The molecule has 0 spiro atoms. The molecular weight excluding hydrogens is 368 g/mol. The Bertz CT molecular complexity index is 997. The Hall–Kier alpha value is -3.54. The molecule has 0 bridgehead atoms. The lowest BCUT2D eigenvalue weighted by Crippen LogP contribution is -2.23. The predicted molar refractivity (Wildman–Crippen MR) is 111 cm³/mol. The van der Waals surface area contributed by atoms with Crippen molar-refractivity contribution in [3.8, 4) is 5.75 Å². The number of amides is 1. The summed E-state index contributed by atoms with van der Waals surface area (Å²) < 4.78 is 7.35. The third-order valence-corrected chi connectivity index (χ3v) is 4.63. The summed E-state index contributed by atoms with van der Waals surface area (Å²) in [5.74, 6) is 0.557. The van der Waals surface area contributed by atoms with Crippen LogP contribution in [0.25, 0.3) is 0 Å². The van der Waals surface area contributed by atoms with E-state index in [0.717, 1.165) is 16.7 Å². The van der Waals surface area contributed by atoms with E-state index in [1.807, 2.05) is 54.6 Å². The Kier molecular flexibility index (Phi) is 6.68. The zero-order valence-corrected chi connectivity index (χ0v) is 16.3. The van der Waals surface area contributed by atoms with Crippen LogP contribution in [-0.2, 0) is 26.1 Å². The van der Waals surface area contributed by atoms with Crippen LogP contribution in [-0.4, -0.2) is 27.7 Å². The van der Waals surface area contributed by atoms with Gasteiger partial charge in [0.25, 0.3) is 5.56 Å². The highest BCUT2D eigenvalue weighted by Gasteiger charge is 2.06. The van der Waals surface area contributed by atoms with Crippen molar-refractivity contribution in [2.75, 3.05) is 7.05 Å². The molecule has 6 heteroatoms. The maximum Gasteiger partial charge on any atom is 0.407 e. The van der Waals surface area contributed by atoms with Gasteiger partial charge in [-0.05, 0) is 29.2 Å². The van der Waals surface area contributed by atoms with Gasteiger partial charge in [0, 0.05) is 32.4 Å². The number of hydrogen-bond donors (Lipinski definition) is 1. The number of benzene rings is 2. The van der Waals surface area contributed by atoms with Gasteiger partial charge in [-0.3, -0.25) is 4.79 Å². The van der Waals surface area contributed by atoms with Crippen LogP contribution in [0.4, 0.5) is 4.79 Å². The number of ether oxygens (including phenoxy) is 1. The summed E-state index contributed by atoms with van der Waals surface area (Å²) in [7, 11) is 1.54. The number of pyridine rings is 1. The van der Waals surface area contributed by atoms with Gasteiger partial charge in [-0.2, -0.15) is 0 Å². The first-order chi connectivity index (χ1) is 14.0. The van der Waals surface area contributed by atoms with Crippen LogP contribution in [0, 0.1) is 0 Å². The summed E-state index contributed by atoms with van der Waals surface area (Å²) in [6.07, 6.45) is 1.50. The Morgan fingerprint density at radius 3 is 2.34 bits per heavy atom. The minimum atomic E-state index is -0.954. The molecule has 2 aromatic carbocycles. The van der Waals surface area contributed by atoms with Gasteiger partial charge in [0.05, 0.1) is 0 Å². The maximum absolute atomic E-state index is 12.3. The zero-order valence-electron chi connectivity index (χ0n) is 16.3. The fraction of sp³-hybridized carbons (Fsp3) is 0.217. The second-order valence-corrected chi connectivity index (χ2v) is 6.87. The standard InChI is InChI=1S/C23H24N2O4/c1-24(23(27)28)16-19-9-7-18(8-10-19)11-13-25-14-12-21(15-22(25)26)29-17-20-5-3-2-4-6-20/h2-10,12,14-15H,11,13,16-17H2,1H3,(H,27,28). The van der Waals surface area contributed by atoms with E-state index in [4.69, 9.17) is 9.84 Å². The quantitative estimate of drug-likeness (QED) is 0.633. The lowest BCUT2D eigenvalue weighted by Gasteiger charge is -2.13. The molecule has 0 saturated heterocycles. The molecule has 1 heterocycles. The van der Waals surface area contributed by atoms with Crippen molar-refractivity contribution < 1.29 is 14.6 Å².